The van der Waals surface area contributed by atoms with Crippen molar-refractivity contribution in [2.24, 2.45) is 17.8 Å². The molecular formula is C17H20N4O3. The molecule has 126 valence electrons. The van der Waals surface area contributed by atoms with E-state index in [2.05, 4.69) is 19.7 Å². The van der Waals surface area contributed by atoms with Gasteiger partial charge in [-0.1, -0.05) is 6.07 Å². The number of aliphatic hydroxyl groups excluding tert-OH is 1. The van der Waals surface area contributed by atoms with Gasteiger partial charge in [-0.05, 0) is 29.4 Å². The van der Waals surface area contributed by atoms with Crippen molar-refractivity contribution in [3.63, 3.8) is 0 Å². The van der Waals surface area contributed by atoms with Gasteiger partial charge in [-0.25, -0.2) is 9.78 Å². The molecule has 0 amide bonds. The van der Waals surface area contributed by atoms with Crippen LogP contribution in [0.25, 0.3) is 0 Å². The first kappa shape index (κ1) is 15.1. The van der Waals surface area contributed by atoms with E-state index in [0.29, 0.717) is 36.5 Å². The first-order chi connectivity index (χ1) is 11.7. The lowest BCUT2D eigenvalue weighted by atomic mass is 10.2. The second-order valence-electron chi connectivity index (χ2n) is 6.52. The average Bonchev–Trinajstić information content (AvgIpc) is 2.97. The summed E-state index contributed by atoms with van der Waals surface area (Å²) < 4.78 is 6.37. The zero-order chi connectivity index (χ0) is 16.7. The molecule has 2 aromatic heterocycles. The molecule has 1 N–H and O–H groups in total. The summed E-state index contributed by atoms with van der Waals surface area (Å²) in [6, 6.07) is 4.06. The lowest BCUT2D eigenvalue weighted by Crippen LogP contribution is -2.25. The van der Waals surface area contributed by atoms with Crippen molar-refractivity contribution >= 4 is 11.8 Å². The van der Waals surface area contributed by atoms with Gasteiger partial charge >= 0.3 is 5.97 Å². The van der Waals surface area contributed by atoms with Crippen LogP contribution in [0.2, 0.25) is 0 Å². The number of carbonyl (C=O) groups excluding carboxylic acids is 1. The first-order valence-electron chi connectivity index (χ1n) is 8.11. The zero-order valence-electron chi connectivity index (χ0n) is 13.5. The van der Waals surface area contributed by atoms with E-state index in [4.69, 9.17) is 0 Å². The summed E-state index contributed by atoms with van der Waals surface area (Å²) in [4.78, 5) is 18.3. The number of hydrogen-bond donors (Lipinski definition) is 1. The van der Waals surface area contributed by atoms with Crippen molar-refractivity contribution in [1.82, 2.24) is 14.8 Å². The Morgan fingerprint density at radius 2 is 2.12 bits per heavy atom. The second kappa shape index (κ2) is 5.90. The Bertz CT molecular complexity index is 731. The molecule has 4 rings (SSSR count). The standard InChI is InChI=1S/C17H20N4O3/c1-24-17(23)12-5-19-21(7-12)6-11-2-3-16(18-4-11)20-8-13-14(9-20)15(13)10-22/h2-5,7,13-15,22H,6,8-10H2,1H3/t13-,14+,15+. The first-order valence-corrected chi connectivity index (χ1v) is 8.11. The van der Waals surface area contributed by atoms with Crippen LogP contribution < -0.4 is 4.90 Å². The van der Waals surface area contributed by atoms with Crippen molar-refractivity contribution < 1.29 is 14.6 Å². The number of aromatic nitrogens is 3. The molecule has 1 saturated carbocycles. The lowest BCUT2D eigenvalue weighted by Gasteiger charge is -2.20. The topological polar surface area (TPSA) is 80.5 Å². The van der Waals surface area contributed by atoms with E-state index in [1.54, 1.807) is 10.9 Å². The number of esters is 1. The number of piperidine rings is 1. The number of nitrogens with zero attached hydrogens (tertiary/aromatic N) is 4. The Morgan fingerprint density at radius 3 is 2.75 bits per heavy atom. The van der Waals surface area contributed by atoms with Gasteiger partial charge in [-0.2, -0.15) is 5.10 Å². The molecule has 0 radical (unpaired) electrons. The van der Waals surface area contributed by atoms with E-state index < -0.39 is 0 Å². The zero-order valence-corrected chi connectivity index (χ0v) is 13.5. The van der Waals surface area contributed by atoms with Crippen LogP contribution in [-0.2, 0) is 11.3 Å². The smallest absolute Gasteiger partial charge is 0.341 e. The minimum absolute atomic E-state index is 0.312. The fraction of sp³-hybridized carbons (Fsp3) is 0.471. The third kappa shape index (κ3) is 2.65. The second-order valence-corrected chi connectivity index (χ2v) is 6.52. The van der Waals surface area contributed by atoms with Crippen molar-refractivity contribution in [1.29, 1.82) is 0 Å². The lowest BCUT2D eigenvalue weighted by molar-refractivity contribution is 0.0600. The monoisotopic (exact) mass is 328 g/mol. The molecule has 2 aromatic rings. The summed E-state index contributed by atoms with van der Waals surface area (Å²) in [7, 11) is 1.35. The van der Waals surface area contributed by atoms with Crippen molar-refractivity contribution in [3.05, 3.63) is 41.9 Å². The van der Waals surface area contributed by atoms with Gasteiger partial charge in [0.25, 0.3) is 0 Å². The Kier molecular flexibility index (Phi) is 3.72. The molecule has 1 aliphatic heterocycles. The van der Waals surface area contributed by atoms with Gasteiger partial charge in [0.15, 0.2) is 0 Å². The summed E-state index contributed by atoms with van der Waals surface area (Å²) in [5, 5.41) is 13.4. The van der Waals surface area contributed by atoms with Gasteiger partial charge < -0.3 is 14.7 Å². The van der Waals surface area contributed by atoms with E-state index in [1.807, 2.05) is 18.3 Å². The molecule has 1 aliphatic carbocycles. The third-order valence-electron chi connectivity index (χ3n) is 5.11. The third-order valence-corrected chi connectivity index (χ3v) is 5.11. The molecule has 0 spiro atoms. The summed E-state index contributed by atoms with van der Waals surface area (Å²) in [6.45, 7) is 2.85. The highest BCUT2D eigenvalue weighted by Gasteiger charge is 2.55. The molecule has 2 aliphatic rings. The maximum Gasteiger partial charge on any atom is 0.341 e. The highest BCUT2D eigenvalue weighted by Crippen LogP contribution is 2.51. The number of hydrogen-bond acceptors (Lipinski definition) is 6. The fourth-order valence-electron chi connectivity index (χ4n) is 3.66. The van der Waals surface area contributed by atoms with Crippen molar-refractivity contribution in [3.8, 4) is 0 Å². The quantitative estimate of drug-likeness (QED) is 0.817. The molecule has 7 nitrogen and oxygen atoms in total. The highest BCUT2D eigenvalue weighted by atomic mass is 16.5. The van der Waals surface area contributed by atoms with Crippen molar-refractivity contribution in [2.45, 2.75) is 6.54 Å². The summed E-state index contributed by atoms with van der Waals surface area (Å²) in [5.74, 6) is 2.38. The van der Waals surface area contributed by atoms with Gasteiger partial charge in [0.05, 0.1) is 25.4 Å². The summed E-state index contributed by atoms with van der Waals surface area (Å²) in [6.07, 6.45) is 5.02. The van der Waals surface area contributed by atoms with Crippen LogP contribution >= 0.6 is 0 Å². The van der Waals surface area contributed by atoms with Crippen LogP contribution in [0.5, 0.6) is 0 Å². The summed E-state index contributed by atoms with van der Waals surface area (Å²) >= 11 is 0. The number of anilines is 1. The Morgan fingerprint density at radius 1 is 1.33 bits per heavy atom. The van der Waals surface area contributed by atoms with Crippen LogP contribution in [0.1, 0.15) is 15.9 Å². The minimum atomic E-state index is -0.386. The van der Waals surface area contributed by atoms with Crippen LogP contribution in [-0.4, -0.2) is 52.6 Å². The van der Waals surface area contributed by atoms with Gasteiger partial charge in [-0.15, -0.1) is 0 Å². The number of rotatable bonds is 5. The average molecular weight is 328 g/mol. The van der Waals surface area contributed by atoms with Gasteiger partial charge in [-0.3, -0.25) is 4.68 Å². The molecule has 2 fully saturated rings. The number of methoxy groups -OCH3 is 1. The SMILES string of the molecule is COC(=O)c1cnn(Cc2ccc(N3C[C@@H]4[C@@H](CO)[C@@H]4C3)nc2)c1. The number of ether oxygens (including phenoxy) is 1. The minimum Gasteiger partial charge on any atom is -0.465 e. The molecule has 0 bridgehead atoms. The Labute approximate surface area is 139 Å². The Balaban J connectivity index is 1.38. The van der Waals surface area contributed by atoms with E-state index in [9.17, 15) is 9.90 Å². The number of fused-ring (bicyclic) bond motifs is 1. The predicted molar refractivity (Wildman–Crippen MR) is 86.7 cm³/mol. The van der Waals surface area contributed by atoms with Gasteiger partial charge in [0, 0.05) is 32.1 Å². The molecule has 3 heterocycles. The molecule has 0 aromatic carbocycles. The van der Waals surface area contributed by atoms with Gasteiger partial charge in [0.2, 0.25) is 0 Å². The van der Waals surface area contributed by atoms with Gasteiger partial charge in [0.1, 0.15) is 5.82 Å². The fourth-order valence-corrected chi connectivity index (χ4v) is 3.66. The Hall–Kier alpha value is -2.41. The summed E-state index contributed by atoms with van der Waals surface area (Å²) in [5.41, 5.74) is 1.47. The normalized spacial score (nSPS) is 24.8. The van der Waals surface area contributed by atoms with E-state index in [-0.39, 0.29) is 5.97 Å². The van der Waals surface area contributed by atoms with Crippen LogP contribution in [0.3, 0.4) is 0 Å². The number of aliphatic hydroxyl groups is 1. The van der Waals surface area contributed by atoms with Crippen LogP contribution in [0, 0.1) is 17.8 Å². The molecule has 7 heteroatoms. The van der Waals surface area contributed by atoms with Crippen LogP contribution in [0.15, 0.2) is 30.7 Å². The maximum atomic E-state index is 11.4. The van der Waals surface area contributed by atoms with Crippen LogP contribution in [0.4, 0.5) is 5.82 Å². The largest absolute Gasteiger partial charge is 0.465 e. The highest BCUT2D eigenvalue weighted by molar-refractivity contribution is 5.88. The van der Waals surface area contributed by atoms with E-state index in [0.717, 1.165) is 24.5 Å². The molecular weight excluding hydrogens is 308 g/mol. The van der Waals surface area contributed by atoms with E-state index >= 15 is 0 Å². The predicted octanol–water partition coefficient (Wildman–Crippen LogP) is 0.787. The molecule has 0 unspecified atom stereocenters. The number of pyridine rings is 1. The molecule has 3 atom stereocenters. The number of carbonyl (C=O) groups is 1. The molecule has 24 heavy (non-hydrogen) atoms. The molecule has 1 saturated heterocycles. The van der Waals surface area contributed by atoms with E-state index in [1.165, 1.54) is 13.3 Å². The maximum absolute atomic E-state index is 11.4. The van der Waals surface area contributed by atoms with Crippen molar-refractivity contribution in [2.75, 3.05) is 31.7 Å².